The highest BCUT2D eigenvalue weighted by Gasteiger charge is 2.31. The molecular weight excluding hydrogens is 454 g/mol. The number of aryl methyl sites for hydroxylation is 1. The second-order valence-corrected chi connectivity index (χ2v) is 8.72. The van der Waals surface area contributed by atoms with Crippen molar-refractivity contribution in [3.05, 3.63) is 65.3 Å². The first-order valence-electron chi connectivity index (χ1n) is 10.5. The van der Waals surface area contributed by atoms with Gasteiger partial charge in [-0.25, -0.2) is 23.5 Å². The topological polar surface area (TPSA) is 118 Å². The predicted molar refractivity (Wildman–Crippen MR) is 114 cm³/mol. The van der Waals surface area contributed by atoms with Crippen LogP contribution in [0.5, 0.6) is 0 Å². The number of halogens is 2. The van der Waals surface area contributed by atoms with Crippen LogP contribution in [0.4, 0.5) is 8.78 Å². The number of para-hydroxylation sites is 1. The number of benzene rings is 1. The second-order valence-electron chi connectivity index (χ2n) is 8.01. The molecular formula is C21H23F2N6O3S-. The van der Waals surface area contributed by atoms with Crippen LogP contribution in [-0.4, -0.2) is 52.7 Å². The summed E-state index contributed by atoms with van der Waals surface area (Å²) >= 11 is -2.53. The molecule has 1 aliphatic heterocycles. The molecule has 1 saturated heterocycles. The smallest absolute Gasteiger partial charge is 0.150 e. The Morgan fingerprint density at radius 1 is 1.27 bits per heavy atom. The summed E-state index contributed by atoms with van der Waals surface area (Å²) in [7, 11) is 0. The van der Waals surface area contributed by atoms with Crippen molar-refractivity contribution >= 4 is 11.3 Å². The molecule has 3 heterocycles. The number of hydrogen-bond acceptors (Lipinski definition) is 7. The van der Waals surface area contributed by atoms with Gasteiger partial charge in [-0.05, 0) is 38.0 Å². The fraction of sp³-hybridized carbons (Fsp3) is 0.429. The van der Waals surface area contributed by atoms with E-state index < -0.39 is 34.9 Å². The molecule has 4 rings (SSSR count). The van der Waals surface area contributed by atoms with Crippen LogP contribution in [-0.2, 0) is 22.4 Å². The number of nitrogens with zero attached hydrogens (tertiary/aromatic N) is 5. The van der Waals surface area contributed by atoms with E-state index in [0.29, 0.717) is 31.3 Å². The van der Waals surface area contributed by atoms with Gasteiger partial charge in [-0.1, -0.05) is 6.07 Å². The van der Waals surface area contributed by atoms with Gasteiger partial charge in [0.2, 0.25) is 0 Å². The summed E-state index contributed by atoms with van der Waals surface area (Å²) in [4.78, 5) is 8.69. The summed E-state index contributed by atoms with van der Waals surface area (Å²) in [5.74, 6) is -1.24. The average Bonchev–Trinajstić information content (AvgIpc) is 3.42. The van der Waals surface area contributed by atoms with E-state index in [1.54, 1.807) is 19.3 Å². The third-order valence-electron chi connectivity index (χ3n) is 5.63. The Kier molecular flexibility index (Phi) is 7.17. The van der Waals surface area contributed by atoms with Gasteiger partial charge in [0.25, 0.3) is 0 Å². The molecule has 2 aromatic heterocycles. The van der Waals surface area contributed by atoms with Crippen molar-refractivity contribution in [2.75, 3.05) is 13.2 Å². The third kappa shape index (κ3) is 5.13. The van der Waals surface area contributed by atoms with E-state index in [9.17, 15) is 17.5 Å². The largest absolute Gasteiger partial charge is 0.760 e. The molecule has 3 aromatic rings. The van der Waals surface area contributed by atoms with E-state index in [-0.39, 0.29) is 23.9 Å². The number of ether oxygens (including phenoxy) is 1. The molecule has 1 aromatic carbocycles. The lowest BCUT2D eigenvalue weighted by atomic mass is 9.96. The van der Waals surface area contributed by atoms with Gasteiger partial charge in [-0.2, -0.15) is 0 Å². The molecule has 0 bridgehead atoms. The fourth-order valence-electron chi connectivity index (χ4n) is 3.93. The Labute approximate surface area is 192 Å². The Morgan fingerprint density at radius 3 is 2.58 bits per heavy atom. The van der Waals surface area contributed by atoms with Crippen LogP contribution in [0.1, 0.15) is 48.2 Å². The highest BCUT2D eigenvalue weighted by atomic mass is 32.2. The molecule has 0 aliphatic carbocycles. The van der Waals surface area contributed by atoms with Crippen LogP contribution < -0.4 is 4.72 Å². The molecule has 0 saturated carbocycles. The minimum Gasteiger partial charge on any atom is -0.760 e. The first-order valence-corrected chi connectivity index (χ1v) is 11.5. The number of hydrogen-bond donors (Lipinski definition) is 1. The van der Waals surface area contributed by atoms with E-state index >= 15 is 0 Å². The monoisotopic (exact) mass is 477 g/mol. The maximum atomic E-state index is 14.8. The average molecular weight is 478 g/mol. The van der Waals surface area contributed by atoms with Gasteiger partial charge in [-0.15, -0.1) is 10.2 Å². The minimum absolute atomic E-state index is 0.0861. The highest BCUT2D eigenvalue weighted by molar-refractivity contribution is 7.77. The maximum absolute atomic E-state index is 14.8. The molecule has 1 fully saturated rings. The summed E-state index contributed by atoms with van der Waals surface area (Å²) in [6, 6.07) is 3.00. The van der Waals surface area contributed by atoms with Crippen molar-refractivity contribution in [1.82, 2.24) is 29.5 Å². The lowest BCUT2D eigenvalue weighted by molar-refractivity contribution is 0.193. The number of rotatable bonds is 8. The lowest BCUT2D eigenvalue weighted by Crippen LogP contribution is -2.36. The van der Waals surface area contributed by atoms with E-state index in [1.165, 1.54) is 22.8 Å². The van der Waals surface area contributed by atoms with Crippen molar-refractivity contribution in [2.24, 2.45) is 0 Å². The van der Waals surface area contributed by atoms with Gasteiger partial charge < -0.3 is 9.29 Å². The van der Waals surface area contributed by atoms with Crippen LogP contribution in [0.2, 0.25) is 0 Å². The van der Waals surface area contributed by atoms with Crippen molar-refractivity contribution < 1.29 is 22.3 Å². The first kappa shape index (κ1) is 23.5. The molecule has 0 radical (unpaired) electrons. The number of nitrogens with one attached hydrogen (secondary N) is 1. The molecule has 0 spiro atoms. The fourth-order valence-corrected chi connectivity index (χ4v) is 4.40. The molecule has 1 N–H and O–H groups in total. The first-order chi connectivity index (χ1) is 15.8. The highest BCUT2D eigenvalue weighted by Crippen LogP contribution is 2.31. The Morgan fingerprint density at radius 2 is 1.97 bits per heavy atom. The zero-order chi connectivity index (χ0) is 23.5. The minimum atomic E-state index is -2.53. The summed E-state index contributed by atoms with van der Waals surface area (Å²) in [5.41, 5.74) is 0.557. The SMILES string of the molecule is Cc1cnc([C@H](Cc2nnc([C@@H]3CCOC3)n2-c2c(F)cccc2F)[C@@H](C)NS(=O)[O-])nc1. The number of aromatic nitrogens is 5. The van der Waals surface area contributed by atoms with Crippen molar-refractivity contribution in [3.8, 4) is 5.69 Å². The van der Waals surface area contributed by atoms with Crippen molar-refractivity contribution in [2.45, 2.75) is 44.6 Å². The normalized spacial score (nSPS) is 18.9. The Hall–Kier alpha value is -2.67. The molecule has 1 aliphatic rings. The van der Waals surface area contributed by atoms with Gasteiger partial charge in [0.05, 0.1) is 6.61 Å². The molecule has 9 nitrogen and oxygen atoms in total. The molecule has 0 amide bonds. The van der Waals surface area contributed by atoms with E-state index in [0.717, 1.165) is 5.56 Å². The van der Waals surface area contributed by atoms with Crippen LogP contribution in [0.3, 0.4) is 0 Å². The summed E-state index contributed by atoms with van der Waals surface area (Å²) in [5, 5.41) is 8.51. The Bertz CT molecular complexity index is 1120. The van der Waals surface area contributed by atoms with E-state index in [1.807, 2.05) is 6.92 Å². The van der Waals surface area contributed by atoms with Gasteiger partial charge in [-0.3, -0.25) is 8.78 Å². The van der Waals surface area contributed by atoms with Crippen LogP contribution >= 0.6 is 0 Å². The standard InChI is InChI=1S/C21H24F2N6O3S/c1-12-9-24-20(25-10-12)15(13(2)28-33(30)31)8-18-26-27-21(14-6-7-32-11-14)29(18)19-16(22)4-3-5-17(19)23/h3-5,9-10,13-15,28H,6-8,11H2,1-2H3,(H,30,31)/p-1/t13-,14-,15-/m1/s1. The van der Waals surface area contributed by atoms with Gasteiger partial charge in [0.1, 0.15) is 34.8 Å². The van der Waals surface area contributed by atoms with E-state index in [2.05, 4.69) is 24.9 Å². The summed E-state index contributed by atoms with van der Waals surface area (Å²) < 4.78 is 61.5. The zero-order valence-electron chi connectivity index (χ0n) is 18.1. The molecule has 1 unspecified atom stereocenters. The molecule has 12 heteroatoms. The maximum Gasteiger partial charge on any atom is 0.150 e. The summed E-state index contributed by atoms with van der Waals surface area (Å²) in [6.45, 7) is 4.38. The second kappa shape index (κ2) is 10.1. The Balaban J connectivity index is 1.81. The van der Waals surface area contributed by atoms with E-state index in [4.69, 9.17) is 4.74 Å². The molecule has 4 atom stereocenters. The van der Waals surface area contributed by atoms with Crippen LogP contribution in [0.25, 0.3) is 5.69 Å². The van der Waals surface area contributed by atoms with Crippen molar-refractivity contribution in [3.63, 3.8) is 0 Å². The van der Waals surface area contributed by atoms with Gasteiger partial charge in [0, 0.05) is 54.6 Å². The molecule has 176 valence electrons. The predicted octanol–water partition coefficient (Wildman–Crippen LogP) is 2.25. The van der Waals surface area contributed by atoms with Crippen LogP contribution in [0.15, 0.2) is 30.6 Å². The van der Waals surface area contributed by atoms with Gasteiger partial charge >= 0.3 is 0 Å². The zero-order valence-corrected chi connectivity index (χ0v) is 18.9. The third-order valence-corrected chi connectivity index (χ3v) is 6.20. The van der Waals surface area contributed by atoms with Crippen molar-refractivity contribution in [1.29, 1.82) is 0 Å². The molecule has 33 heavy (non-hydrogen) atoms. The summed E-state index contributed by atoms with van der Waals surface area (Å²) in [6.07, 6.45) is 3.98. The van der Waals surface area contributed by atoms with Crippen LogP contribution in [0, 0.1) is 18.6 Å². The quantitative estimate of drug-likeness (QED) is 0.495. The lowest BCUT2D eigenvalue weighted by Gasteiger charge is -2.25. The van der Waals surface area contributed by atoms with Gasteiger partial charge in [0.15, 0.2) is 0 Å².